The molecule has 0 unspecified atom stereocenters. The number of nitro benzene ring substituents is 1. The molecule has 0 saturated heterocycles. The quantitative estimate of drug-likeness (QED) is 0.313. The van der Waals surface area contributed by atoms with Gasteiger partial charge in [-0.05, 0) is 18.6 Å². The Balaban J connectivity index is 2.34. The second kappa shape index (κ2) is 7.41. The van der Waals surface area contributed by atoms with Gasteiger partial charge in [-0.3, -0.25) is 10.1 Å². The predicted molar refractivity (Wildman–Crippen MR) is 73.8 cm³/mol. The molecule has 1 aromatic rings. The number of nitro groups is 1. The SMILES string of the molecule is Cc1cc([N+](=O)[O-])ccc1OCCOCCS(=O)(=O)Cl. The van der Waals surface area contributed by atoms with Crippen LogP contribution in [-0.4, -0.2) is 38.9 Å². The predicted octanol–water partition coefficient (Wildman–Crippen LogP) is 1.87. The number of ether oxygens (including phenoxy) is 2. The van der Waals surface area contributed by atoms with Crippen molar-refractivity contribution in [3.8, 4) is 5.75 Å². The van der Waals surface area contributed by atoms with Crippen LogP contribution in [0.4, 0.5) is 5.69 Å². The summed E-state index contributed by atoms with van der Waals surface area (Å²) < 4.78 is 31.6. The van der Waals surface area contributed by atoms with E-state index in [-0.39, 0.29) is 31.3 Å². The zero-order valence-corrected chi connectivity index (χ0v) is 12.3. The smallest absolute Gasteiger partial charge is 0.269 e. The van der Waals surface area contributed by atoms with Gasteiger partial charge in [0.1, 0.15) is 12.4 Å². The lowest BCUT2D eigenvalue weighted by molar-refractivity contribution is -0.384. The lowest BCUT2D eigenvalue weighted by Crippen LogP contribution is -2.12. The maximum Gasteiger partial charge on any atom is 0.269 e. The van der Waals surface area contributed by atoms with Gasteiger partial charge in [0.2, 0.25) is 9.05 Å². The van der Waals surface area contributed by atoms with Crippen molar-refractivity contribution in [1.29, 1.82) is 0 Å². The minimum Gasteiger partial charge on any atom is -0.491 e. The molecular formula is C11H14ClNO6S. The highest BCUT2D eigenvalue weighted by Crippen LogP contribution is 2.22. The molecule has 0 N–H and O–H groups in total. The molecule has 7 nitrogen and oxygen atoms in total. The molecule has 0 atom stereocenters. The molecule has 0 fully saturated rings. The fourth-order valence-electron chi connectivity index (χ4n) is 1.38. The van der Waals surface area contributed by atoms with Crippen molar-refractivity contribution in [2.24, 2.45) is 0 Å². The number of hydrogen-bond donors (Lipinski definition) is 0. The van der Waals surface area contributed by atoms with Crippen LogP contribution >= 0.6 is 10.7 Å². The molecule has 0 aliphatic rings. The first-order valence-electron chi connectivity index (χ1n) is 5.67. The molecule has 0 radical (unpaired) electrons. The van der Waals surface area contributed by atoms with E-state index >= 15 is 0 Å². The molecule has 0 heterocycles. The van der Waals surface area contributed by atoms with Crippen LogP contribution < -0.4 is 4.74 Å². The summed E-state index contributed by atoms with van der Waals surface area (Å²) in [5.74, 6) is 0.259. The number of nitrogens with zero attached hydrogens (tertiary/aromatic N) is 1. The van der Waals surface area contributed by atoms with E-state index in [0.29, 0.717) is 11.3 Å². The molecule has 20 heavy (non-hydrogen) atoms. The van der Waals surface area contributed by atoms with Crippen molar-refractivity contribution in [2.75, 3.05) is 25.6 Å². The van der Waals surface area contributed by atoms with Gasteiger partial charge in [-0.15, -0.1) is 0 Å². The Morgan fingerprint density at radius 3 is 2.55 bits per heavy atom. The van der Waals surface area contributed by atoms with Crippen molar-refractivity contribution in [3.05, 3.63) is 33.9 Å². The second-order valence-electron chi connectivity index (χ2n) is 3.91. The molecule has 0 aliphatic carbocycles. The fraction of sp³-hybridized carbons (Fsp3) is 0.455. The third kappa shape index (κ3) is 6.18. The lowest BCUT2D eigenvalue weighted by Gasteiger charge is -2.09. The summed E-state index contributed by atoms with van der Waals surface area (Å²) >= 11 is 0. The number of rotatable bonds is 8. The standard InChI is InChI=1S/C11H14ClNO6S/c1-9-8-10(13(14)15)2-3-11(9)19-5-4-18-6-7-20(12,16)17/h2-3,8H,4-7H2,1H3. The zero-order chi connectivity index (χ0) is 15.2. The van der Waals surface area contributed by atoms with Gasteiger partial charge in [0.15, 0.2) is 0 Å². The number of non-ortho nitro benzene ring substituents is 1. The summed E-state index contributed by atoms with van der Waals surface area (Å²) in [7, 11) is 1.47. The van der Waals surface area contributed by atoms with Crippen molar-refractivity contribution in [1.82, 2.24) is 0 Å². The molecule has 0 bridgehead atoms. The Kier molecular flexibility index (Phi) is 6.18. The van der Waals surface area contributed by atoms with Crippen molar-refractivity contribution in [2.45, 2.75) is 6.92 Å². The summed E-state index contributed by atoms with van der Waals surface area (Å²) in [6.45, 7) is 2.10. The average Bonchev–Trinajstić information content (AvgIpc) is 2.33. The maximum atomic E-state index is 10.6. The van der Waals surface area contributed by atoms with Gasteiger partial charge in [-0.25, -0.2) is 8.42 Å². The van der Waals surface area contributed by atoms with E-state index in [1.54, 1.807) is 6.92 Å². The normalized spacial score (nSPS) is 11.3. The van der Waals surface area contributed by atoms with E-state index in [2.05, 4.69) is 0 Å². The fourth-order valence-corrected chi connectivity index (χ4v) is 1.89. The molecule has 0 aliphatic heterocycles. The number of aryl methyl sites for hydroxylation is 1. The van der Waals surface area contributed by atoms with E-state index in [1.165, 1.54) is 18.2 Å². The molecule has 0 amide bonds. The first kappa shape index (κ1) is 16.7. The zero-order valence-electron chi connectivity index (χ0n) is 10.7. The molecule has 0 aromatic heterocycles. The van der Waals surface area contributed by atoms with Gasteiger partial charge in [0, 0.05) is 22.8 Å². The molecule has 1 rings (SSSR count). The monoisotopic (exact) mass is 323 g/mol. The van der Waals surface area contributed by atoms with Crippen molar-refractivity contribution < 1.29 is 22.8 Å². The number of hydrogen-bond acceptors (Lipinski definition) is 6. The van der Waals surface area contributed by atoms with Crippen LogP contribution in [0.1, 0.15) is 5.56 Å². The van der Waals surface area contributed by atoms with Gasteiger partial charge >= 0.3 is 0 Å². The number of halogens is 1. The summed E-state index contributed by atoms with van der Waals surface area (Å²) in [4.78, 5) is 10.1. The highest BCUT2D eigenvalue weighted by molar-refractivity contribution is 8.13. The summed E-state index contributed by atoms with van der Waals surface area (Å²) in [5.41, 5.74) is 0.640. The molecule has 0 saturated carbocycles. The lowest BCUT2D eigenvalue weighted by atomic mass is 10.2. The average molecular weight is 324 g/mol. The van der Waals surface area contributed by atoms with Crippen LogP contribution in [-0.2, 0) is 13.8 Å². The van der Waals surface area contributed by atoms with Crippen LogP contribution in [0.5, 0.6) is 5.75 Å². The van der Waals surface area contributed by atoms with Crippen molar-refractivity contribution >= 4 is 25.4 Å². The molecule has 0 spiro atoms. The number of benzene rings is 1. The first-order chi connectivity index (χ1) is 9.29. The van der Waals surface area contributed by atoms with Crippen LogP contribution in [0.15, 0.2) is 18.2 Å². The largest absolute Gasteiger partial charge is 0.491 e. The van der Waals surface area contributed by atoms with E-state index in [0.717, 1.165) is 0 Å². The van der Waals surface area contributed by atoms with Crippen LogP contribution in [0.3, 0.4) is 0 Å². The Morgan fingerprint density at radius 1 is 1.30 bits per heavy atom. The van der Waals surface area contributed by atoms with E-state index in [1.807, 2.05) is 0 Å². The maximum absolute atomic E-state index is 10.6. The van der Waals surface area contributed by atoms with E-state index in [9.17, 15) is 18.5 Å². The van der Waals surface area contributed by atoms with Crippen molar-refractivity contribution in [3.63, 3.8) is 0 Å². The Labute approximate surface area is 121 Å². The van der Waals surface area contributed by atoms with Gasteiger partial charge in [0.25, 0.3) is 5.69 Å². The summed E-state index contributed by atoms with van der Waals surface area (Å²) in [6, 6.07) is 4.27. The Hall–Kier alpha value is -1.38. The molecule has 1 aromatic carbocycles. The highest BCUT2D eigenvalue weighted by Gasteiger charge is 2.09. The molecule has 112 valence electrons. The van der Waals surface area contributed by atoms with Gasteiger partial charge in [-0.2, -0.15) is 0 Å². The van der Waals surface area contributed by atoms with E-state index < -0.39 is 14.0 Å². The van der Waals surface area contributed by atoms with Crippen LogP contribution in [0.2, 0.25) is 0 Å². The summed E-state index contributed by atoms with van der Waals surface area (Å²) in [6.07, 6.45) is 0. The van der Waals surface area contributed by atoms with E-state index in [4.69, 9.17) is 20.2 Å². The topological polar surface area (TPSA) is 95.7 Å². The van der Waals surface area contributed by atoms with Crippen LogP contribution in [0, 0.1) is 17.0 Å². The second-order valence-corrected chi connectivity index (χ2v) is 6.81. The highest BCUT2D eigenvalue weighted by atomic mass is 35.7. The minimum atomic E-state index is -3.54. The Bertz CT molecular complexity index is 574. The first-order valence-corrected chi connectivity index (χ1v) is 8.15. The van der Waals surface area contributed by atoms with Gasteiger partial charge in [-0.1, -0.05) is 0 Å². The minimum absolute atomic E-state index is 0.00146. The third-order valence-electron chi connectivity index (χ3n) is 2.33. The molecule has 9 heteroatoms. The Morgan fingerprint density at radius 2 is 2.00 bits per heavy atom. The molecular weight excluding hydrogens is 310 g/mol. The third-order valence-corrected chi connectivity index (χ3v) is 3.44. The van der Waals surface area contributed by atoms with Crippen LogP contribution in [0.25, 0.3) is 0 Å². The van der Waals surface area contributed by atoms with Gasteiger partial charge in [0.05, 0.1) is 23.9 Å². The van der Waals surface area contributed by atoms with Gasteiger partial charge < -0.3 is 9.47 Å². The summed E-state index contributed by atoms with van der Waals surface area (Å²) in [5, 5.41) is 10.6.